The molecule has 0 spiro atoms. The molecule has 16 heavy (non-hydrogen) atoms. The average Bonchev–Trinajstić information content (AvgIpc) is 2.26. The first-order valence-electron chi connectivity index (χ1n) is 4.94. The van der Waals surface area contributed by atoms with Crippen molar-refractivity contribution in [3.05, 3.63) is 34.4 Å². The van der Waals surface area contributed by atoms with Crippen molar-refractivity contribution >= 4 is 21.9 Å². The molecule has 1 aromatic carbocycles. The Hall–Kier alpha value is -1.34. The second kappa shape index (κ2) is 5.66. The van der Waals surface area contributed by atoms with E-state index < -0.39 is 5.97 Å². The summed E-state index contributed by atoms with van der Waals surface area (Å²) in [6.07, 6.45) is 0.757. The van der Waals surface area contributed by atoms with Gasteiger partial charge in [0.05, 0.1) is 18.1 Å². The number of benzene rings is 1. The summed E-state index contributed by atoms with van der Waals surface area (Å²) in [6.45, 7) is 1.99. The van der Waals surface area contributed by atoms with Crippen LogP contribution in [0.15, 0.2) is 12.1 Å². The van der Waals surface area contributed by atoms with Crippen molar-refractivity contribution in [1.82, 2.24) is 0 Å². The third-order valence-corrected chi connectivity index (χ3v) is 2.95. The summed E-state index contributed by atoms with van der Waals surface area (Å²) >= 11 is 3.35. The molecule has 84 valence electrons. The molecule has 0 heterocycles. The van der Waals surface area contributed by atoms with E-state index in [1.165, 1.54) is 0 Å². The Morgan fingerprint density at radius 2 is 2.25 bits per heavy atom. The lowest BCUT2D eigenvalue weighted by Gasteiger charge is -2.09. The van der Waals surface area contributed by atoms with E-state index in [2.05, 4.69) is 22.0 Å². The summed E-state index contributed by atoms with van der Waals surface area (Å²) in [5.41, 5.74) is 3.24. The minimum Gasteiger partial charge on any atom is -0.481 e. The molecule has 0 amide bonds. The SMILES string of the molecule is CCc1cc(CC(=O)O)cc(C#N)c1CBr. The average molecular weight is 282 g/mol. The molecule has 0 saturated heterocycles. The number of nitriles is 1. The maximum atomic E-state index is 10.6. The van der Waals surface area contributed by atoms with Crippen molar-refractivity contribution in [2.24, 2.45) is 0 Å². The minimum atomic E-state index is -0.877. The van der Waals surface area contributed by atoms with Crippen LogP contribution >= 0.6 is 15.9 Å². The first kappa shape index (κ1) is 12.7. The molecule has 1 N–H and O–H groups in total. The van der Waals surface area contributed by atoms with E-state index in [-0.39, 0.29) is 6.42 Å². The second-order valence-electron chi connectivity index (χ2n) is 3.45. The van der Waals surface area contributed by atoms with Gasteiger partial charge in [0.25, 0.3) is 0 Å². The Balaban J connectivity index is 3.27. The van der Waals surface area contributed by atoms with Crippen molar-refractivity contribution in [3.8, 4) is 6.07 Å². The molecule has 0 aliphatic heterocycles. The summed E-state index contributed by atoms with van der Waals surface area (Å²) in [5.74, 6) is -0.877. The summed E-state index contributed by atoms with van der Waals surface area (Å²) in [7, 11) is 0. The summed E-state index contributed by atoms with van der Waals surface area (Å²) in [6, 6.07) is 5.64. The number of hydrogen-bond acceptors (Lipinski definition) is 2. The van der Waals surface area contributed by atoms with Gasteiger partial charge in [0.2, 0.25) is 0 Å². The normalized spacial score (nSPS) is 9.81. The number of aliphatic carboxylic acids is 1. The maximum Gasteiger partial charge on any atom is 0.307 e. The van der Waals surface area contributed by atoms with Crippen molar-refractivity contribution in [1.29, 1.82) is 5.26 Å². The van der Waals surface area contributed by atoms with Gasteiger partial charge in [-0.3, -0.25) is 4.79 Å². The number of alkyl halides is 1. The Labute approximate surface area is 103 Å². The number of carbonyl (C=O) groups is 1. The molecule has 0 bridgehead atoms. The highest BCUT2D eigenvalue weighted by molar-refractivity contribution is 9.08. The number of nitrogens with zero attached hydrogens (tertiary/aromatic N) is 1. The monoisotopic (exact) mass is 281 g/mol. The van der Waals surface area contributed by atoms with Crippen LogP contribution in [0.1, 0.15) is 29.2 Å². The Morgan fingerprint density at radius 1 is 1.56 bits per heavy atom. The lowest BCUT2D eigenvalue weighted by molar-refractivity contribution is -0.136. The van der Waals surface area contributed by atoms with Crippen molar-refractivity contribution < 1.29 is 9.90 Å². The molecule has 0 fully saturated rings. The van der Waals surface area contributed by atoms with Crippen LogP contribution in [-0.4, -0.2) is 11.1 Å². The first-order chi connectivity index (χ1) is 7.62. The van der Waals surface area contributed by atoms with Gasteiger partial charge in [0, 0.05) is 5.33 Å². The van der Waals surface area contributed by atoms with Gasteiger partial charge < -0.3 is 5.11 Å². The molecular weight excluding hydrogens is 270 g/mol. The van der Waals surface area contributed by atoms with E-state index in [1.54, 1.807) is 6.07 Å². The molecule has 0 aliphatic carbocycles. The van der Waals surface area contributed by atoms with Gasteiger partial charge in [-0.25, -0.2) is 0 Å². The fraction of sp³-hybridized carbons (Fsp3) is 0.333. The lowest BCUT2D eigenvalue weighted by Crippen LogP contribution is -2.03. The molecule has 0 unspecified atom stereocenters. The zero-order valence-electron chi connectivity index (χ0n) is 8.96. The largest absolute Gasteiger partial charge is 0.481 e. The smallest absolute Gasteiger partial charge is 0.307 e. The number of halogens is 1. The molecular formula is C12H12BrNO2. The third kappa shape index (κ3) is 2.83. The number of carboxylic acid groups (broad SMARTS) is 1. The van der Waals surface area contributed by atoms with E-state index in [1.807, 2.05) is 13.0 Å². The fourth-order valence-corrected chi connectivity index (χ4v) is 2.31. The number of carboxylic acids is 1. The van der Waals surface area contributed by atoms with E-state index in [9.17, 15) is 4.79 Å². The number of rotatable bonds is 4. The number of aryl methyl sites for hydroxylation is 1. The van der Waals surface area contributed by atoms with Gasteiger partial charge in [-0.2, -0.15) is 5.26 Å². The van der Waals surface area contributed by atoms with E-state index in [0.717, 1.165) is 17.5 Å². The summed E-state index contributed by atoms with van der Waals surface area (Å²) in [5, 5.41) is 18.4. The van der Waals surface area contributed by atoms with E-state index >= 15 is 0 Å². The predicted molar refractivity (Wildman–Crippen MR) is 64.5 cm³/mol. The van der Waals surface area contributed by atoms with Gasteiger partial charge in [0.1, 0.15) is 0 Å². The molecule has 3 nitrogen and oxygen atoms in total. The number of hydrogen-bond donors (Lipinski definition) is 1. The standard InChI is InChI=1S/C12H12BrNO2/c1-2-9-3-8(5-12(15)16)4-10(7-14)11(9)6-13/h3-4H,2,5-6H2,1H3,(H,15,16). The predicted octanol–water partition coefficient (Wildman–Crippen LogP) is 2.64. The van der Waals surface area contributed by atoms with Crippen molar-refractivity contribution in [2.75, 3.05) is 0 Å². The zero-order chi connectivity index (χ0) is 12.1. The van der Waals surface area contributed by atoms with Crippen LogP contribution in [0.4, 0.5) is 0 Å². The molecule has 1 aromatic rings. The van der Waals surface area contributed by atoms with Crippen LogP contribution in [0, 0.1) is 11.3 Å². The van der Waals surface area contributed by atoms with Crippen LogP contribution in [0.5, 0.6) is 0 Å². The third-order valence-electron chi connectivity index (χ3n) is 2.39. The van der Waals surface area contributed by atoms with Gasteiger partial charge in [0.15, 0.2) is 0 Å². The quantitative estimate of drug-likeness (QED) is 0.863. The summed E-state index contributed by atoms with van der Waals surface area (Å²) in [4.78, 5) is 10.6. The summed E-state index contributed by atoms with van der Waals surface area (Å²) < 4.78 is 0. The Kier molecular flexibility index (Phi) is 4.51. The van der Waals surface area contributed by atoms with E-state index in [4.69, 9.17) is 10.4 Å². The first-order valence-corrected chi connectivity index (χ1v) is 6.07. The van der Waals surface area contributed by atoms with Gasteiger partial charge in [-0.15, -0.1) is 0 Å². The van der Waals surface area contributed by atoms with Gasteiger partial charge in [-0.05, 0) is 29.2 Å². The van der Waals surface area contributed by atoms with Crippen LogP contribution < -0.4 is 0 Å². The minimum absolute atomic E-state index is 0.0375. The molecule has 0 aliphatic rings. The van der Waals surface area contributed by atoms with Gasteiger partial charge in [-0.1, -0.05) is 28.9 Å². The lowest BCUT2D eigenvalue weighted by atomic mass is 9.96. The van der Waals surface area contributed by atoms with Crippen LogP contribution in [-0.2, 0) is 23.0 Å². The highest BCUT2D eigenvalue weighted by Gasteiger charge is 2.10. The topological polar surface area (TPSA) is 61.1 Å². The highest BCUT2D eigenvalue weighted by Crippen LogP contribution is 2.21. The molecule has 0 saturated carbocycles. The fourth-order valence-electron chi connectivity index (χ4n) is 1.65. The zero-order valence-corrected chi connectivity index (χ0v) is 10.5. The molecule has 4 heteroatoms. The molecule has 1 rings (SSSR count). The molecule has 0 aromatic heterocycles. The van der Waals surface area contributed by atoms with Crippen LogP contribution in [0.2, 0.25) is 0 Å². The molecule has 0 radical (unpaired) electrons. The van der Waals surface area contributed by atoms with Gasteiger partial charge >= 0.3 is 5.97 Å². The Morgan fingerprint density at radius 3 is 2.69 bits per heavy atom. The maximum absolute atomic E-state index is 10.6. The highest BCUT2D eigenvalue weighted by atomic mass is 79.9. The van der Waals surface area contributed by atoms with Crippen LogP contribution in [0.3, 0.4) is 0 Å². The Bertz CT molecular complexity index is 449. The van der Waals surface area contributed by atoms with Crippen LogP contribution in [0.25, 0.3) is 0 Å². The van der Waals surface area contributed by atoms with E-state index in [0.29, 0.717) is 16.5 Å². The van der Waals surface area contributed by atoms with Crippen molar-refractivity contribution in [3.63, 3.8) is 0 Å². The molecule has 0 atom stereocenters. The van der Waals surface area contributed by atoms with Crippen molar-refractivity contribution in [2.45, 2.75) is 25.1 Å². The second-order valence-corrected chi connectivity index (χ2v) is 4.01.